The van der Waals surface area contributed by atoms with Gasteiger partial charge in [0.25, 0.3) is 0 Å². The zero-order valence-electron chi connectivity index (χ0n) is 12.2. The summed E-state index contributed by atoms with van der Waals surface area (Å²) in [7, 11) is 0. The maximum Gasteiger partial charge on any atom is 0.335 e. The molecule has 0 fully saturated rings. The highest BCUT2D eigenvalue weighted by Gasteiger charge is 2.23. The number of carboxylic acid groups (broad SMARTS) is 1. The molecule has 1 rings (SSSR count). The van der Waals surface area contributed by atoms with Crippen molar-refractivity contribution in [1.82, 2.24) is 0 Å². The Hall–Kier alpha value is -1.36. The fourth-order valence-electron chi connectivity index (χ4n) is 1.54. The standard InChI is InChI=1S/C15H20BrNO3/c1-9(15(2,3)4)7-13(18)17-12-8-10(14(19)20)5-6-11(12)16/h5-6,8-9H,7H2,1-4H3,(H,17,18)(H,19,20). The number of benzene rings is 1. The minimum absolute atomic E-state index is 0.0531. The Bertz CT molecular complexity index is 520. The largest absolute Gasteiger partial charge is 0.478 e. The number of aromatic carboxylic acids is 1. The van der Waals surface area contributed by atoms with E-state index < -0.39 is 5.97 Å². The van der Waals surface area contributed by atoms with Crippen LogP contribution >= 0.6 is 15.9 Å². The maximum atomic E-state index is 12.0. The van der Waals surface area contributed by atoms with Crippen LogP contribution in [0.4, 0.5) is 5.69 Å². The van der Waals surface area contributed by atoms with Crippen molar-refractivity contribution in [2.45, 2.75) is 34.1 Å². The molecule has 0 radical (unpaired) electrons. The predicted octanol–water partition coefficient (Wildman–Crippen LogP) is 4.16. The second-order valence-corrected chi connectivity index (χ2v) is 6.87. The summed E-state index contributed by atoms with van der Waals surface area (Å²) in [6.07, 6.45) is 0.396. The second kappa shape index (κ2) is 6.39. The molecule has 1 atom stereocenters. The van der Waals surface area contributed by atoms with Crippen molar-refractivity contribution < 1.29 is 14.7 Å². The van der Waals surface area contributed by atoms with Crippen molar-refractivity contribution in [3.63, 3.8) is 0 Å². The number of halogens is 1. The van der Waals surface area contributed by atoms with Gasteiger partial charge in [0.15, 0.2) is 0 Å². The monoisotopic (exact) mass is 341 g/mol. The fourth-order valence-corrected chi connectivity index (χ4v) is 1.89. The Morgan fingerprint density at radius 2 is 1.95 bits per heavy atom. The number of rotatable bonds is 4. The van der Waals surface area contributed by atoms with E-state index in [9.17, 15) is 9.59 Å². The molecule has 0 saturated heterocycles. The van der Waals surface area contributed by atoms with E-state index in [0.29, 0.717) is 16.6 Å². The fraction of sp³-hybridized carbons (Fsp3) is 0.467. The van der Waals surface area contributed by atoms with Gasteiger partial charge in [-0.2, -0.15) is 0 Å². The molecule has 0 aromatic heterocycles. The minimum atomic E-state index is -1.02. The number of hydrogen-bond donors (Lipinski definition) is 2. The average Bonchev–Trinajstić information content (AvgIpc) is 2.30. The lowest BCUT2D eigenvalue weighted by Gasteiger charge is -2.26. The van der Waals surface area contributed by atoms with Gasteiger partial charge in [-0.25, -0.2) is 4.79 Å². The van der Waals surface area contributed by atoms with E-state index in [-0.39, 0.29) is 22.8 Å². The molecule has 2 N–H and O–H groups in total. The van der Waals surface area contributed by atoms with Crippen LogP contribution in [0.3, 0.4) is 0 Å². The quantitative estimate of drug-likeness (QED) is 0.863. The minimum Gasteiger partial charge on any atom is -0.478 e. The van der Waals surface area contributed by atoms with Crippen LogP contribution in [0.15, 0.2) is 22.7 Å². The van der Waals surface area contributed by atoms with E-state index >= 15 is 0 Å². The topological polar surface area (TPSA) is 66.4 Å². The lowest BCUT2D eigenvalue weighted by Crippen LogP contribution is -2.24. The van der Waals surface area contributed by atoms with Crippen LogP contribution in [0.2, 0.25) is 0 Å². The Morgan fingerprint density at radius 3 is 2.45 bits per heavy atom. The zero-order chi connectivity index (χ0) is 15.5. The van der Waals surface area contributed by atoms with Crippen LogP contribution < -0.4 is 5.32 Å². The average molecular weight is 342 g/mol. The van der Waals surface area contributed by atoms with Gasteiger partial charge in [0.2, 0.25) is 5.91 Å². The number of anilines is 1. The molecule has 5 heteroatoms. The van der Waals surface area contributed by atoms with Crippen LogP contribution in [0.1, 0.15) is 44.5 Å². The number of carbonyl (C=O) groups is 2. The summed E-state index contributed by atoms with van der Waals surface area (Å²) in [6.45, 7) is 8.30. The van der Waals surface area contributed by atoms with Gasteiger partial charge in [0.05, 0.1) is 11.3 Å². The number of carboxylic acids is 1. The normalized spacial score (nSPS) is 12.8. The van der Waals surface area contributed by atoms with Crippen molar-refractivity contribution in [2.75, 3.05) is 5.32 Å². The van der Waals surface area contributed by atoms with Crippen molar-refractivity contribution in [2.24, 2.45) is 11.3 Å². The first kappa shape index (κ1) is 16.7. The predicted molar refractivity (Wildman–Crippen MR) is 83.0 cm³/mol. The lowest BCUT2D eigenvalue weighted by atomic mass is 9.80. The molecule has 0 bridgehead atoms. The van der Waals surface area contributed by atoms with Crippen molar-refractivity contribution in [1.29, 1.82) is 0 Å². The molecule has 1 unspecified atom stereocenters. The molecule has 20 heavy (non-hydrogen) atoms. The maximum absolute atomic E-state index is 12.0. The van der Waals surface area contributed by atoms with Crippen LogP contribution in [-0.2, 0) is 4.79 Å². The smallest absolute Gasteiger partial charge is 0.335 e. The first-order valence-corrected chi connectivity index (χ1v) is 7.23. The van der Waals surface area contributed by atoms with Gasteiger partial charge >= 0.3 is 5.97 Å². The summed E-state index contributed by atoms with van der Waals surface area (Å²) in [5.74, 6) is -0.907. The summed E-state index contributed by atoms with van der Waals surface area (Å²) in [4.78, 5) is 23.0. The molecule has 110 valence electrons. The van der Waals surface area contributed by atoms with Crippen LogP contribution in [0.5, 0.6) is 0 Å². The van der Waals surface area contributed by atoms with E-state index in [4.69, 9.17) is 5.11 Å². The van der Waals surface area contributed by atoms with E-state index in [1.807, 2.05) is 6.92 Å². The first-order valence-electron chi connectivity index (χ1n) is 6.44. The van der Waals surface area contributed by atoms with Gasteiger partial charge in [-0.3, -0.25) is 4.79 Å². The van der Waals surface area contributed by atoms with Gasteiger partial charge in [0, 0.05) is 10.9 Å². The highest BCUT2D eigenvalue weighted by atomic mass is 79.9. The molecule has 4 nitrogen and oxygen atoms in total. The molecule has 0 heterocycles. The molecule has 0 aliphatic rings. The second-order valence-electron chi connectivity index (χ2n) is 6.02. The summed E-state index contributed by atoms with van der Waals surface area (Å²) >= 11 is 3.31. The van der Waals surface area contributed by atoms with E-state index in [2.05, 4.69) is 42.0 Å². The van der Waals surface area contributed by atoms with Crippen molar-refractivity contribution in [3.05, 3.63) is 28.2 Å². The Kier molecular flexibility index (Phi) is 5.34. The van der Waals surface area contributed by atoms with Gasteiger partial charge in [0.1, 0.15) is 0 Å². The SMILES string of the molecule is CC(CC(=O)Nc1cc(C(=O)O)ccc1Br)C(C)(C)C. The summed E-state index contributed by atoms with van der Waals surface area (Å²) < 4.78 is 0.666. The van der Waals surface area contributed by atoms with Crippen LogP contribution in [-0.4, -0.2) is 17.0 Å². The summed E-state index contributed by atoms with van der Waals surface area (Å²) in [6, 6.07) is 4.55. The molecule has 0 spiro atoms. The zero-order valence-corrected chi connectivity index (χ0v) is 13.7. The molecule has 1 amide bonds. The number of hydrogen-bond acceptors (Lipinski definition) is 2. The lowest BCUT2D eigenvalue weighted by molar-refractivity contribution is -0.117. The van der Waals surface area contributed by atoms with Crippen LogP contribution in [0.25, 0.3) is 0 Å². The van der Waals surface area contributed by atoms with Gasteiger partial charge < -0.3 is 10.4 Å². The number of carbonyl (C=O) groups excluding carboxylic acids is 1. The molecule has 1 aromatic carbocycles. The van der Waals surface area contributed by atoms with Gasteiger partial charge in [-0.15, -0.1) is 0 Å². The molecule has 1 aromatic rings. The molecular formula is C15H20BrNO3. The third kappa shape index (κ3) is 4.63. The number of amides is 1. The van der Waals surface area contributed by atoms with E-state index in [1.165, 1.54) is 12.1 Å². The third-order valence-electron chi connectivity index (χ3n) is 3.46. The highest BCUT2D eigenvalue weighted by molar-refractivity contribution is 9.10. The van der Waals surface area contributed by atoms with Gasteiger partial charge in [-0.05, 0) is 45.5 Å². The van der Waals surface area contributed by atoms with Crippen molar-refractivity contribution >= 4 is 33.5 Å². The van der Waals surface area contributed by atoms with E-state index in [1.54, 1.807) is 6.07 Å². The summed E-state index contributed by atoms with van der Waals surface area (Å²) in [5.41, 5.74) is 0.681. The first-order chi connectivity index (χ1) is 9.11. The Labute approximate surface area is 127 Å². The number of nitrogens with one attached hydrogen (secondary N) is 1. The van der Waals surface area contributed by atoms with Crippen LogP contribution in [0, 0.1) is 11.3 Å². The van der Waals surface area contributed by atoms with Crippen molar-refractivity contribution in [3.8, 4) is 0 Å². The molecule has 0 aliphatic carbocycles. The molecule has 0 aliphatic heterocycles. The van der Waals surface area contributed by atoms with E-state index in [0.717, 1.165) is 0 Å². The Balaban J connectivity index is 2.80. The Morgan fingerprint density at radius 1 is 1.35 bits per heavy atom. The molecule has 0 saturated carbocycles. The summed E-state index contributed by atoms with van der Waals surface area (Å²) in [5, 5.41) is 11.7. The highest BCUT2D eigenvalue weighted by Crippen LogP contribution is 2.29. The molecular weight excluding hydrogens is 322 g/mol. The van der Waals surface area contributed by atoms with Gasteiger partial charge in [-0.1, -0.05) is 27.7 Å². The third-order valence-corrected chi connectivity index (χ3v) is 4.15.